The summed E-state index contributed by atoms with van der Waals surface area (Å²) in [6, 6.07) is 0.545. The number of hydrogen-bond donors (Lipinski definition) is 2. The van der Waals surface area contributed by atoms with Crippen LogP contribution in [0.5, 0.6) is 0 Å². The number of piperidine rings is 1. The van der Waals surface area contributed by atoms with E-state index in [1.807, 2.05) is 7.05 Å². The van der Waals surface area contributed by atoms with Crippen LogP contribution in [0.2, 0.25) is 0 Å². The number of nitrogens with two attached hydrogens (primary N) is 1. The number of aliphatic imine (C=N–C) groups is 1. The fraction of sp³-hybridized carbons (Fsp3) is 0.882. The molecule has 2 aliphatic heterocycles. The molecule has 0 bridgehead atoms. The van der Waals surface area contributed by atoms with E-state index >= 15 is 0 Å². The van der Waals surface area contributed by atoms with Gasteiger partial charge in [-0.15, -0.1) is 0 Å². The smallest absolute Gasteiger partial charge is 0.217 e. The van der Waals surface area contributed by atoms with Crippen molar-refractivity contribution in [2.75, 3.05) is 53.5 Å². The molecule has 0 radical (unpaired) electrons. The van der Waals surface area contributed by atoms with E-state index in [4.69, 9.17) is 10.5 Å². The van der Waals surface area contributed by atoms with Crippen LogP contribution in [0.25, 0.3) is 0 Å². The van der Waals surface area contributed by atoms with Crippen LogP contribution >= 0.6 is 0 Å². The zero-order valence-electron chi connectivity index (χ0n) is 15.2. The first-order chi connectivity index (χ1) is 11.6. The highest BCUT2D eigenvalue weighted by atomic mass is 16.5. The van der Waals surface area contributed by atoms with Gasteiger partial charge in [-0.05, 0) is 38.1 Å². The number of nitrogens with one attached hydrogen (secondary N) is 1. The zero-order valence-corrected chi connectivity index (χ0v) is 15.2. The van der Waals surface area contributed by atoms with Crippen LogP contribution in [-0.2, 0) is 9.53 Å². The van der Waals surface area contributed by atoms with Crippen LogP contribution in [0.4, 0.5) is 0 Å². The minimum Gasteiger partial charge on any atom is -0.383 e. The molecule has 7 nitrogen and oxygen atoms in total. The molecule has 1 amide bonds. The lowest BCUT2D eigenvalue weighted by Crippen LogP contribution is -2.50. The minimum absolute atomic E-state index is 0.204. The Hall–Kier alpha value is -1.34. The van der Waals surface area contributed by atoms with Crippen LogP contribution < -0.4 is 11.1 Å². The van der Waals surface area contributed by atoms with Crippen LogP contribution in [0, 0.1) is 5.92 Å². The fourth-order valence-corrected chi connectivity index (χ4v) is 3.88. The standard InChI is InChI=1S/C17H33N5O2/c1-19-17(22-8-3-5-14(13-22)11-16(18)23)20-12-15-6-4-7-21(15)9-10-24-2/h14-15H,3-13H2,1-2H3,(H2,18,23)(H,19,20). The van der Waals surface area contributed by atoms with Gasteiger partial charge >= 0.3 is 0 Å². The molecular formula is C17H33N5O2. The molecule has 2 saturated heterocycles. The van der Waals surface area contributed by atoms with Gasteiger partial charge in [-0.2, -0.15) is 0 Å². The average molecular weight is 339 g/mol. The van der Waals surface area contributed by atoms with Gasteiger partial charge in [-0.1, -0.05) is 0 Å². The van der Waals surface area contributed by atoms with E-state index in [1.165, 1.54) is 12.8 Å². The van der Waals surface area contributed by atoms with Crippen molar-refractivity contribution < 1.29 is 9.53 Å². The quantitative estimate of drug-likeness (QED) is 0.513. The number of hydrogen-bond acceptors (Lipinski definition) is 4. The Kier molecular flexibility index (Phi) is 7.78. The Bertz CT molecular complexity index is 429. The number of nitrogens with zero attached hydrogens (tertiary/aromatic N) is 3. The van der Waals surface area contributed by atoms with Gasteiger partial charge in [0.1, 0.15) is 0 Å². The van der Waals surface area contributed by atoms with Gasteiger partial charge in [-0.25, -0.2) is 0 Å². The number of guanidine groups is 1. The fourth-order valence-electron chi connectivity index (χ4n) is 3.88. The number of primary amides is 1. The summed E-state index contributed by atoms with van der Waals surface area (Å²) in [5, 5.41) is 3.54. The van der Waals surface area contributed by atoms with Gasteiger partial charge in [0.25, 0.3) is 0 Å². The summed E-state index contributed by atoms with van der Waals surface area (Å²) in [7, 11) is 3.58. The number of methoxy groups -OCH3 is 1. The van der Waals surface area contributed by atoms with E-state index in [0.717, 1.165) is 58.1 Å². The lowest BCUT2D eigenvalue weighted by molar-refractivity contribution is -0.119. The molecule has 0 aromatic rings. The number of ether oxygens (including phenoxy) is 1. The summed E-state index contributed by atoms with van der Waals surface area (Å²) in [5.74, 6) is 1.09. The summed E-state index contributed by atoms with van der Waals surface area (Å²) in [6.45, 7) is 5.69. The van der Waals surface area contributed by atoms with E-state index in [1.54, 1.807) is 7.11 Å². The first-order valence-corrected chi connectivity index (χ1v) is 9.11. The molecule has 0 aliphatic carbocycles. The molecule has 2 fully saturated rings. The molecule has 2 atom stereocenters. The molecule has 2 aliphatic rings. The lowest BCUT2D eigenvalue weighted by atomic mass is 9.95. The minimum atomic E-state index is -0.204. The molecule has 24 heavy (non-hydrogen) atoms. The maximum absolute atomic E-state index is 11.2. The van der Waals surface area contributed by atoms with E-state index in [0.29, 0.717) is 18.4 Å². The first-order valence-electron chi connectivity index (χ1n) is 9.11. The number of rotatable bonds is 7. The average Bonchev–Trinajstić information content (AvgIpc) is 3.00. The molecule has 0 spiro atoms. The molecule has 138 valence electrons. The predicted molar refractivity (Wildman–Crippen MR) is 95.9 cm³/mol. The Morgan fingerprint density at radius 1 is 1.33 bits per heavy atom. The monoisotopic (exact) mass is 339 g/mol. The molecule has 7 heteroatoms. The number of carbonyl (C=O) groups is 1. The van der Waals surface area contributed by atoms with Gasteiger partial charge in [0.15, 0.2) is 5.96 Å². The number of amides is 1. The van der Waals surface area contributed by atoms with Gasteiger partial charge in [0.05, 0.1) is 6.61 Å². The largest absolute Gasteiger partial charge is 0.383 e. The van der Waals surface area contributed by atoms with Crippen molar-refractivity contribution in [3.8, 4) is 0 Å². The third-order valence-corrected chi connectivity index (χ3v) is 5.10. The second kappa shape index (κ2) is 9.84. The summed E-state index contributed by atoms with van der Waals surface area (Å²) in [6.07, 6.45) is 5.10. The highest BCUT2D eigenvalue weighted by Crippen LogP contribution is 2.20. The predicted octanol–water partition coefficient (Wildman–Crippen LogP) is 0.260. The van der Waals surface area contributed by atoms with Gasteiger partial charge < -0.3 is 20.7 Å². The van der Waals surface area contributed by atoms with E-state index < -0.39 is 0 Å². The maximum atomic E-state index is 11.2. The van der Waals surface area contributed by atoms with E-state index in [2.05, 4.69) is 20.1 Å². The van der Waals surface area contributed by atoms with E-state index in [9.17, 15) is 4.79 Å². The first kappa shape index (κ1) is 19.0. The molecule has 0 aromatic carbocycles. The third-order valence-electron chi connectivity index (χ3n) is 5.10. The van der Waals surface area contributed by atoms with Crippen molar-refractivity contribution in [3.05, 3.63) is 0 Å². The maximum Gasteiger partial charge on any atom is 0.217 e. The Morgan fingerprint density at radius 3 is 2.83 bits per heavy atom. The Balaban J connectivity index is 1.82. The highest BCUT2D eigenvalue weighted by molar-refractivity contribution is 5.80. The van der Waals surface area contributed by atoms with Crippen molar-refractivity contribution >= 4 is 11.9 Å². The van der Waals surface area contributed by atoms with Crippen molar-refractivity contribution in [2.24, 2.45) is 16.6 Å². The second-order valence-electron chi connectivity index (χ2n) is 6.88. The zero-order chi connectivity index (χ0) is 17.4. The summed E-state index contributed by atoms with van der Waals surface area (Å²) >= 11 is 0. The molecule has 2 heterocycles. The second-order valence-corrected chi connectivity index (χ2v) is 6.88. The molecule has 2 rings (SSSR count). The lowest BCUT2D eigenvalue weighted by Gasteiger charge is -2.35. The molecule has 0 aromatic heterocycles. The number of carbonyl (C=O) groups excluding carboxylic acids is 1. The highest BCUT2D eigenvalue weighted by Gasteiger charge is 2.26. The van der Waals surface area contributed by atoms with Crippen molar-refractivity contribution in [2.45, 2.75) is 38.1 Å². The Morgan fingerprint density at radius 2 is 2.12 bits per heavy atom. The molecule has 3 N–H and O–H groups in total. The van der Waals surface area contributed by atoms with Crippen LogP contribution in [0.3, 0.4) is 0 Å². The summed E-state index contributed by atoms with van der Waals surface area (Å²) in [4.78, 5) is 20.4. The Labute approximate surface area is 145 Å². The third kappa shape index (κ3) is 5.63. The van der Waals surface area contributed by atoms with E-state index in [-0.39, 0.29) is 5.91 Å². The normalized spacial score (nSPS) is 25.9. The van der Waals surface area contributed by atoms with Gasteiger partial charge in [-0.3, -0.25) is 14.7 Å². The summed E-state index contributed by atoms with van der Waals surface area (Å²) < 4.78 is 5.21. The van der Waals surface area contributed by atoms with Crippen molar-refractivity contribution in [3.63, 3.8) is 0 Å². The topological polar surface area (TPSA) is 83.2 Å². The van der Waals surface area contributed by atoms with Crippen LogP contribution in [0.15, 0.2) is 4.99 Å². The molecule has 0 saturated carbocycles. The molecule has 2 unspecified atom stereocenters. The molecular weight excluding hydrogens is 306 g/mol. The van der Waals surface area contributed by atoms with Gasteiger partial charge in [0, 0.05) is 52.8 Å². The van der Waals surface area contributed by atoms with Crippen LogP contribution in [0.1, 0.15) is 32.1 Å². The SMILES string of the molecule is CN=C(NCC1CCCN1CCOC)N1CCCC(CC(N)=O)C1. The summed E-state index contributed by atoms with van der Waals surface area (Å²) in [5.41, 5.74) is 5.35. The number of likely N-dealkylation sites (tertiary alicyclic amines) is 2. The van der Waals surface area contributed by atoms with Crippen molar-refractivity contribution in [1.29, 1.82) is 0 Å². The van der Waals surface area contributed by atoms with Crippen LogP contribution in [-0.4, -0.2) is 81.2 Å². The van der Waals surface area contributed by atoms with Gasteiger partial charge in [0.2, 0.25) is 5.91 Å². The van der Waals surface area contributed by atoms with Crippen molar-refractivity contribution in [1.82, 2.24) is 15.1 Å².